The van der Waals surface area contributed by atoms with Crippen molar-refractivity contribution in [1.29, 1.82) is 0 Å². The number of esters is 1. The highest BCUT2D eigenvalue weighted by Crippen LogP contribution is 2.13. The zero-order valence-corrected chi connectivity index (χ0v) is 13.1. The number of benzene rings is 2. The van der Waals surface area contributed by atoms with E-state index >= 15 is 0 Å². The number of rotatable bonds is 3. The van der Waals surface area contributed by atoms with E-state index in [1.807, 2.05) is 36.4 Å². The van der Waals surface area contributed by atoms with Crippen LogP contribution in [0.5, 0.6) is 0 Å². The van der Waals surface area contributed by atoms with Gasteiger partial charge in [0.2, 0.25) is 0 Å². The molecule has 0 aliphatic carbocycles. The Morgan fingerprint density at radius 1 is 1.06 bits per heavy atom. The van der Waals surface area contributed by atoms with Crippen LogP contribution >= 0.6 is 38.5 Å². The van der Waals surface area contributed by atoms with E-state index in [1.54, 1.807) is 12.1 Å². The molecule has 0 fully saturated rings. The van der Waals surface area contributed by atoms with E-state index in [1.165, 1.54) is 0 Å². The van der Waals surface area contributed by atoms with E-state index in [9.17, 15) is 4.79 Å². The maximum Gasteiger partial charge on any atom is 0.338 e. The Hall–Kier alpha value is -0.880. The van der Waals surface area contributed by atoms with Gasteiger partial charge in [0.15, 0.2) is 0 Å². The summed E-state index contributed by atoms with van der Waals surface area (Å²) in [6.45, 7) is 0.290. The average molecular weight is 417 g/mol. The lowest BCUT2D eigenvalue weighted by atomic mass is 10.2. The van der Waals surface area contributed by atoms with Crippen LogP contribution in [0.15, 0.2) is 53.0 Å². The average Bonchev–Trinajstić information content (AvgIpc) is 2.38. The second-order valence-electron chi connectivity index (χ2n) is 3.71. The van der Waals surface area contributed by atoms with Crippen LogP contribution in [-0.2, 0) is 11.3 Å². The normalized spacial score (nSPS) is 10.1. The minimum absolute atomic E-state index is 0.290. The molecule has 0 saturated carbocycles. The maximum absolute atomic E-state index is 11.8. The van der Waals surface area contributed by atoms with Crippen molar-refractivity contribution in [2.45, 2.75) is 6.61 Å². The second-order valence-corrected chi connectivity index (χ2v) is 5.87. The van der Waals surface area contributed by atoms with Crippen molar-refractivity contribution in [2.75, 3.05) is 0 Å². The van der Waals surface area contributed by atoms with Gasteiger partial charge < -0.3 is 4.74 Å². The number of carbonyl (C=O) groups is 1. The molecule has 2 rings (SSSR count). The summed E-state index contributed by atoms with van der Waals surface area (Å²) < 4.78 is 7.34. The number of halogens is 2. The zero-order valence-electron chi connectivity index (χ0n) is 9.40. The topological polar surface area (TPSA) is 26.3 Å². The number of hydrogen-bond donors (Lipinski definition) is 0. The Labute approximate surface area is 128 Å². The summed E-state index contributed by atoms with van der Waals surface area (Å²) in [5.74, 6) is -0.297. The molecule has 0 saturated heterocycles. The molecular weight excluding hydrogens is 407 g/mol. The van der Waals surface area contributed by atoms with Crippen molar-refractivity contribution < 1.29 is 9.53 Å². The zero-order chi connectivity index (χ0) is 13.0. The van der Waals surface area contributed by atoms with E-state index in [0.717, 1.165) is 13.6 Å². The Bertz CT molecular complexity index is 535. The van der Waals surface area contributed by atoms with Crippen LogP contribution in [0.4, 0.5) is 0 Å². The Morgan fingerprint density at radius 2 is 1.67 bits per heavy atom. The number of ether oxygens (including phenoxy) is 1. The SMILES string of the molecule is O=C(OCc1ccc(Br)cc1)c1ccc(I)cc1. The van der Waals surface area contributed by atoms with Crippen molar-refractivity contribution in [3.8, 4) is 0 Å². The number of carbonyl (C=O) groups excluding carboxylic acids is 1. The van der Waals surface area contributed by atoms with Gasteiger partial charge >= 0.3 is 5.97 Å². The fraction of sp³-hybridized carbons (Fsp3) is 0.0714. The van der Waals surface area contributed by atoms with Gasteiger partial charge in [-0.05, 0) is 64.6 Å². The predicted molar refractivity (Wildman–Crippen MR) is 82.4 cm³/mol. The molecule has 0 aliphatic heterocycles. The van der Waals surface area contributed by atoms with Gasteiger partial charge in [-0.25, -0.2) is 4.79 Å². The maximum atomic E-state index is 11.8. The molecule has 2 aromatic carbocycles. The largest absolute Gasteiger partial charge is 0.457 e. The molecule has 0 amide bonds. The van der Waals surface area contributed by atoms with Crippen molar-refractivity contribution in [3.05, 3.63) is 67.7 Å². The van der Waals surface area contributed by atoms with Gasteiger partial charge in [-0.15, -0.1) is 0 Å². The Morgan fingerprint density at radius 3 is 2.28 bits per heavy atom. The highest BCUT2D eigenvalue weighted by molar-refractivity contribution is 14.1. The van der Waals surface area contributed by atoms with Gasteiger partial charge in [-0.2, -0.15) is 0 Å². The first kappa shape index (κ1) is 13.5. The predicted octanol–water partition coefficient (Wildman–Crippen LogP) is 4.41. The molecule has 4 heteroatoms. The molecule has 92 valence electrons. The molecule has 2 aromatic rings. The highest BCUT2D eigenvalue weighted by atomic mass is 127. The molecule has 0 N–H and O–H groups in total. The molecule has 0 unspecified atom stereocenters. The van der Waals surface area contributed by atoms with E-state index in [0.29, 0.717) is 5.56 Å². The van der Waals surface area contributed by atoms with Crippen LogP contribution in [0.1, 0.15) is 15.9 Å². The van der Waals surface area contributed by atoms with Crippen LogP contribution in [0.3, 0.4) is 0 Å². The van der Waals surface area contributed by atoms with Crippen molar-refractivity contribution in [3.63, 3.8) is 0 Å². The van der Waals surface area contributed by atoms with E-state index in [-0.39, 0.29) is 12.6 Å². The monoisotopic (exact) mass is 416 g/mol. The quantitative estimate of drug-likeness (QED) is 0.547. The first-order chi connectivity index (χ1) is 8.65. The van der Waals surface area contributed by atoms with Crippen molar-refractivity contribution in [1.82, 2.24) is 0 Å². The fourth-order valence-electron chi connectivity index (χ4n) is 1.40. The van der Waals surface area contributed by atoms with Crippen LogP contribution in [0.2, 0.25) is 0 Å². The molecule has 0 bridgehead atoms. The molecule has 0 atom stereocenters. The summed E-state index contributed by atoms with van der Waals surface area (Å²) in [5, 5.41) is 0. The molecule has 0 aliphatic rings. The summed E-state index contributed by atoms with van der Waals surface area (Å²) >= 11 is 5.56. The van der Waals surface area contributed by atoms with Crippen LogP contribution in [0, 0.1) is 3.57 Å². The van der Waals surface area contributed by atoms with E-state index < -0.39 is 0 Å². The van der Waals surface area contributed by atoms with Crippen LogP contribution in [-0.4, -0.2) is 5.97 Å². The third-order valence-electron chi connectivity index (χ3n) is 2.36. The summed E-state index contributed by atoms with van der Waals surface area (Å²) in [4.78, 5) is 11.8. The first-order valence-corrected chi connectivity index (χ1v) is 7.19. The minimum atomic E-state index is -0.297. The van der Waals surface area contributed by atoms with Gasteiger partial charge in [-0.3, -0.25) is 0 Å². The molecule has 0 radical (unpaired) electrons. The molecule has 0 spiro atoms. The molecular formula is C14H10BrIO2. The fourth-order valence-corrected chi connectivity index (χ4v) is 2.02. The molecule has 0 aromatic heterocycles. The summed E-state index contributed by atoms with van der Waals surface area (Å²) in [5.41, 5.74) is 1.55. The molecule has 0 heterocycles. The lowest BCUT2D eigenvalue weighted by molar-refractivity contribution is 0.0472. The highest BCUT2D eigenvalue weighted by Gasteiger charge is 2.06. The van der Waals surface area contributed by atoms with Gasteiger partial charge in [0.1, 0.15) is 6.61 Å². The lowest BCUT2D eigenvalue weighted by Crippen LogP contribution is -2.05. The third-order valence-corrected chi connectivity index (χ3v) is 3.61. The minimum Gasteiger partial charge on any atom is -0.457 e. The van der Waals surface area contributed by atoms with Gasteiger partial charge in [0.25, 0.3) is 0 Å². The van der Waals surface area contributed by atoms with Gasteiger partial charge in [0.05, 0.1) is 5.56 Å². The second kappa shape index (κ2) is 6.33. The lowest BCUT2D eigenvalue weighted by Gasteiger charge is -2.05. The van der Waals surface area contributed by atoms with Crippen LogP contribution < -0.4 is 0 Å². The smallest absolute Gasteiger partial charge is 0.338 e. The standard InChI is InChI=1S/C14H10BrIO2/c15-12-5-1-10(2-6-12)9-18-14(17)11-3-7-13(16)8-4-11/h1-8H,9H2. The number of hydrogen-bond acceptors (Lipinski definition) is 2. The summed E-state index contributed by atoms with van der Waals surface area (Å²) in [6, 6.07) is 15.0. The van der Waals surface area contributed by atoms with E-state index in [4.69, 9.17) is 4.74 Å². The third kappa shape index (κ3) is 3.81. The Kier molecular flexibility index (Phi) is 4.77. The summed E-state index contributed by atoms with van der Waals surface area (Å²) in [7, 11) is 0. The van der Waals surface area contributed by atoms with Crippen molar-refractivity contribution in [2.24, 2.45) is 0 Å². The Balaban J connectivity index is 1.96. The first-order valence-electron chi connectivity index (χ1n) is 5.32. The van der Waals surface area contributed by atoms with Crippen molar-refractivity contribution >= 4 is 44.5 Å². The molecule has 18 heavy (non-hydrogen) atoms. The molecule has 2 nitrogen and oxygen atoms in total. The van der Waals surface area contributed by atoms with E-state index in [2.05, 4.69) is 38.5 Å². The van der Waals surface area contributed by atoms with Crippen LogP contribution in [0.25, 0.3) is 0 Å². The van der Waals surface area contributed by atoms with Gasteiger partial charge in [-0.1, -0.05) is 28.1 Å². The summed E-state index contributed by atoms with van der Waals surface area (Å²) in [6.07, 6.45) is 0. The van der Waals surface area contributed by atoms with Gasteiger partial charge in [0, 0.05) is 8.04 Å².